The summed E-state index contributed by atoms with van der Waals surface area (Å²) in [5.41, 5.74) is 0.672. The first-order valence-corrected chi connectivity index (χ1v) is 10.8. The quantitative estimate of drug-likeness (QED) is 0.435. The molecular formula is C20H18ClN5O3S. The van der Waals surface area contributed by atoms with E-state index >= 15 is 0 Å². The van der Waals surface area contributed by atoms with E-state index in [1.807, 2.05) is 18.2 Å². The molecule has 1 N–H and O–H groups in total. The Labute approximate surface area is 181 Å². The molecule has 0 aromatic heterocycles. The van der Waals surface area contributed by atoms with Gasteiger partial charge < -0.3 is 0 Å². The third-order valence-electron chi connectivity index (χ3n) is 4.72. The molecular weight excluding hydrogens is 426 g/mol. The van der Waals surface area contributed by atoms with E-state index in [4.69, 9.17) is 16.6 Å². The molecule has 1 amide bonds. The van der Waals surface area contributed by atoms with Crippen LogP contribution in [0.1, 0.15) is 31.5 Å². The summed E-state index contributed by atoms with van der Waals surface area (Å²) in [6.45, 7) is 2.09. The fraction of sp³-hybridized carbons (Fsp3) is 0.250. The number of benzene rings is 2. The normalized spacial score (nSPS) is 17.5. The molecule has 0 unspecified atom stereocenters. The van der Waals surface area contributed by atoms with Crippen LogP contribution in [-0.2, 0) is 4.79 Å². The average molecular weight is 444 g/mol. The van der Waals surface area contributed by atoms with Crippen LogP contribution in [0.4, 0.5) is 5.69 Å². The van der Waals surface area contributed by atoms with Crippen molar-refractivity contribution in [2.24, 2.45) is 10.1 Å². The third-order valence-corrected chi connectivity index (χ3v) is 5.99. The van der Waals surface area contributed by atoms with Crippen LogP contribution < -0.4 is 15.9 Å². The second kappa shape index (κ2) is 8.45. The summed E-state index contributed by atoms with van der Waals surface area (Å²) in [7, 11) is 0. The number of hydrogen-bond acceptors (Lipinski definition) is 7. The van der Waals surface area contributed by atoms with Gasteiger partial charge in [-0.2, -0.15) is 0 Å². The molecule has 154 valence electrons. The van der Waals surface area contributed by atoms with Crippen LogP contribution in [0.5, 0.6) is 0 Å². The third kappa shape index (κ3) is 3.78. The van der Waals surface area contributed by atoms with Crippen molar-refractivity contribution in [3.63, 3.8) is 0 Å². The smallest absolute Gasteiger partial charge is 0.288 e. The van der Waals surface area contributed by atoms with Crippen LogP contribution in [0, 0.1) is 10.1 Å². The summed E-state index contributed by atoms with van der Waals surface area (Å²) >= 11 is 7.44. The number of hydrogen-bond donors (Lipinski definition) is 1. The van der Waals surface area contributed by atoms with Crippen LogP contribution in [-0.4, -0.2) is 26.8 Å². The van der Waals surface area contributed by atoms with E-state index < -0.39 is 11.1 Å². The van der Waals surface area contributed by atoms with Gasteiger partial charge in [0.25, 0.3) is 11.6 Å². The zero-order valence-electron chi connectivity index (χ0n) is 16.0. The van der Waals surface area contributed by atoms with Gasteiger partial charge in [-0.05, 0) is 18.6 Å². The number of nitro groups is 1. The van der Waals surface area contributed by atoms with Gasteiger partial charge >= 0.3 is 0 Å². The molecule has 4 rings (SSSR count). The first-order valence-electron chi connectivity index (χ1n) is 9.42. The monoisotopic (exact) mass is 443 g/mol. The highest BCUT2D eigenvalue weighted by molar-refractivity contribution is 8.13. The standard InChI is InChI=1S/C20H18ClN5O3S/c1-2-3-10-30-20-23-19(27)17-13-6-4-5-7-15(13)22-18(25(17)24-20)12-8-9-14(21)16(11-12)26(28)29/h4-9,11,18H,2-3,10H2,1H3,(H,23,24,27)/t18-/m0/s1. The molecule has 0 saturated carbocycles. The number of halogens is 1. The zero-order chi connectivity index (χ0) is 21.3. The minimum absolute atomic E-state index is 0.0415. The summed E-state index contributed by atoms with van der Waals surface area (Å²) in [5.74, 6) is 0.545. The molecule has 0 aliphatic carbocycles. The van der Waals surface area contributed by atoms with E-state index in [1.54, 1.807) is 17.1 Å². The van der Waals surface area contributed by atoms with Gasteiger partial charge in [0.1, 0.15) is 10.7 Å². The lowest BCUT2D eigenvalue weighted by atomic mass is 10.1. The fourth-order valence-corrected chi connectivity index (χ4v) is 4.38. The van der Waals surface area contributed by atoms with Gasteiger partial charge in [-0.1, -0.05) is 61.0 Å². The van der Waals surface area contributed by atoms with Crippen molar-refractivity contribution < 1.29 is 9.72 Å². The summed E-state index contributed by atoms with van der Waals surface area (Å²) in [4.78, 5) is 28.6. The largest absolute Gasteiger partial charge is 0.298 e. The zero-order valence-corrected chi connectivity index (χ0v) is 17.6. The number of thioether (sulfide) groups is 1. The number of nitrogens with zero attached hydrogens (tertiary/aromatic N) is 4. The number of para-hydroxylation sites is 1. The Kier molecular flexibility index (Phi) is 5.74. The number of amides is 1. The minimum Gasteiger partial charge on any atom is -0.298 e. The van der Waals surface area contributed by atoms with E-state index in [2.05, 4.69) is 17.3 Å². The molecule has 2 aromatic rings. The summed E-state index contributed by atoms with van der Waals surface area (Å²) in [6, 6.07) is 11.8. The fourth-order valence-electron chi connectivity index (χ4n) is 3.25. The molecule has 0 radical (unpaired) electrons. The lowest BCUT2D eigenvalue weighted by Crippen LogP contribution is -2.50. The Morgan fingerprint density at radius 2 is 2.10 bits per heavy atom. The van der Waals surface area contributed by atoms with E-state index in [0.29, 0.717) is 27.0 Å². The van der Waals surface area contributed by atoms with Crippen LogP contribution in [0.2, 0.25) is 5.02 Å². The van der Waals surface area contributed by atoms with Crippen LogP contribution in [0.15, 0.2) is 52.6 Å². The van der Waals surface area contributed by atoms with Gasteiger partial charge in [0.15, 0.2) is 11.3 Å². The van der Waals surface area contributed by atoms with Crippen molar-refractivity contribution in [1.82, 2.24) is 10.3 Å². The van der Waals surface area contributed by atoms with E-state index in [0.717, 1.165) is 18.6 Å². The first kappa shape index (κ1) is 20.4. The van der Waals surface area contributed by atoms with E-state index in [1.165, 1.54) is 23.9 Å². The van der Waals surface area contributed by atoms with Gasteiger partial charge in [-0.3, -0.25) is 25.2 Å². The highest BCUT2D eigenvalue weighted by Gasteiger charge is 2.35. The number of hydrazone groups is 1. The number of nitro benzene ring substituents is 1. The Morgan fingerprint density at radius 3 is 2.87 bits per heavy atom. The molecule has 0 saturated heterocycles. The van der Waals surface area contributed by atoms with Gasteiger partial charge in [0, 0.05) is 22.6 Å². The maximum Gasteiger partial charge on any atom is 0.288 e. The second-order valence-electron chi connectivity index (χ2n) is 6.74. The Bertz CT molecular complexity index is 1180. The lowest BCUT2D eigenvalue weighted by molar-refractivity contribution is -0.384. The Morgan fingerprint density at radius 1 is 1.30 bits per heavy atom. The van der Waals surface area contributed by atoms with Gasteiger partial charge in [-0.25, -0.2) is 5.01 Å². The Hall–Kier alpha value is -2.91. The highest BCUT2D eigenvalue weighted by atomic mass is 35.5. The second-order valence-corrected chi connectivity index (χ2v) is 8.23. The van der Waals surface area contributed by atoms with E-state index in [-0.39, 0.29) is 16.6 Å². The van der Waals surface area contributed by atoms with Crippen LogP contribution >= 0.6 is 23.4 Å². The topological polar surface area (TPSA) is 100 Å². The molecule has 2 heterocycles. The van der Waals surface area contributed by atoms with Gasteiger partial charge in [-0.15, -0.1) is 5.10 Å². The lowest BCUT2D eigenvalue weighted by Gasteiger charge is -2.34. The van der Waals surface area contributed by atoms with Crippen molar-refractivity contribution in [1.29, 1.82) is 0 Å². The first-order chi connectivity index (χ1) is 14.5. The summed E-state index contributed by atoms with van der Waals surface area (Å²) in [5, 5.41) is 22.2. The number of carbonyl (C=O) groups excluding carboxylic acids is 1. The van der Waals surface area contributed by atoms with Crippen LogP contribution in [0.25, 0.3) is 5.70 Å². The van der Waals surface area contributed by atoms with Crippen molar-refractivity contribution in [2.45, 2.75) is 25.9 Å². The maximum absolute atomic E-state index is 13.0. The van der Waals surface area contributed by atoms with Crippen molar-refractivity contribution in [3.8, 4) is 0 Å². The van der Waals surface area contributed by atoms with Crippen molar-refractivity contribution >= 4 is 45.8 Å². The number of amidine groups is 1. The van der Waals surface area contributed by atoms with Gasteiger partial charge in [0.2, 0.25) is 0 Å². The number of rotatable bonds is 5. The molecule has 2 aliphatic rings. The maximum atomic E-state index is 13.0. The molecule has 2 aromatic carbocycles. The predicted molar refractivity (Wildman–Crippen MR) is 116 cm³/mol. The molecule has 30 heavy (non-hydrogen) atoms. The molecule has 0 bridgehead atoms. The van der Waals surface area contributed by atoms with Crippen molar-refractivity contribution in [3.05, 3.63) is 73.7 Å². The molecule has 1 atom stereocenters. The molecule has 10 heteroatoms. The van der Waals surface area contributed by atoms with Gasteiger partial charge in [0.05, 0.1) is 10.3 Å². The number of fused-ring (bicyclic) bond motifs is 2. The van der Waals surface area contributed by atoms with Crippen LogP contribution in [0.3, 0.4) is 0 Å². The predicted octanol–water partition coefficient (Wildman–Crippen LogP) is 2.92. The summed E-state index contributed by atoms with van der Waals surface area (Å²) in [6.07, 6.45) is 1.31. The molecule has 8 nitrogen and oxygen atoms in total. The average Bonchev–Trinajstić information content (AvgIpc) is 2.73. The Balaban J connectivity index is 1.86. The number of unbranched alkanes of at least 4 members (excludes halogenated alkanes) is 1. The molecule has 0 spiro atoms. The summed E-state index contributed by atoms with van der Waals surface area (Å²) < 4.78 is 0. The molecule has 0 fully saturated rings. The van der Waals surface area contributed by atoms with Crippen molar-refractivity contribution in [2.75, 3.05) is 5.75 Å². The van der Waals surface area contributed by atoms with E-state index in [9.17, 15) is 14.9 Å². The minimum atomic E-state index is -0.723. The molecule has 2 aliphatic heterocycles. The number of carbonyl (C=O) groups is 1. The highest BCUT2D eigenvalue weighted by Crippen LogP contribution is 2.34. The number of nitrogens with one attached hydrogen (secondary N) is 1. The SMILES string of the molecule is CCCCSC1=NN2C(=c3ccccc3=N[C@@H]2c2ccc(Cl)c([N+](=O)[O-])c2)C(=O)N1.